The molecular formula is C11H21NO3. The number of esters is 1. The van der Waals surface area contributed by atoms with Crippen molar-refractivity contribution in [1.82, 2.24) is 0 Å². The minimum absolute atomic E-state index is 0.132. The molecular weight excluding hydrogens is 194 g/mol. The summed E-state index contributed by atoms with van der Waals surface area (Å²) in [5.41, 5.74) is 5.28. The van der Waals surface area contributed by atoms with Gasteiger partial charge >= 0.3 is 5.97 Å². The monoisotopic (exact) mass is 215 g/mol. The lowest BCUT2D eigenvalue weighted by atomic mass is 10.1. The Bertz CT molecular complexity index is 216. The molecule has 2 atom stereocenters. The van der Waals surface area contributed by atoms with Gasteiger partial charge in [0.05, 0.1) is 6.10 Å². The minimum atomic E-state index is -0.563. The van der Waals surface area contributed by atoms with Crippen LogP contribution in [-0.4, -0.2) is 30.3 Å². The first-order valence-electron chi connectivity index (χ1n) is 5.48. The van der Waals surface area contributed by atoms with Crippen molar-refractivity contribution in [3.8, 4) is 0 Å². The summed E-state index contributed by atoms with van der Waals surface area (Å²) in [5.74, 6) is -0.335. The van der Waals surface area contributed by atoms with Crippen LogP contribution in [0.4, 0.5) is 0 Å². The van der Waals surface area contributed by atoms with Gasteiger partial charge < -0.3 is 15.2 Å². The molecule has 0 aromatic rings. The summed E-state index contributed by atoms with van der Waals surface area (Å²) in [6, 6.07) is -0.563. The van der Waals surface area contributed by atoms with Crippen molar-refractivity contribution >= 4 is 5.97 Å². The van der Waals surface area contributed by atoms with Crippen LogP contribution in [0.15, 0.2) is 0 Å². The van der Waals surface area contributed by atoms with Gasteiger partial charge in [-0.2, -0.15) is 0 Å². The number of rotatable bonds is 3. The van der Waals surface area contributed by atoms with Crippen LogP contribution in [0, 0.1) is 0 Å². The van der Waals surface area contributed by atoms with E-state index in [9.17, 15) is 4.79 Å². The van der Waals surface area contributed by atoms with Crippen LogP contribution in [0.3, 0.4) is 0 Å². The molecule has 15 heavy (non-hydrogen) atoms. The van der Waals surface area contributed by atoms with Gasteiger partial charge in [0.15, 0.2) is 0 Å². The zero-order valence-corrected chi connectivity index (χ0v) is 9.79. The highest BCUT2D eigenvalue weighted by Crippen LogP contribution is 2.17. The molecule has 4 heteroatoms. The van der Waals surface area contributed by atoms with Gasteiger partial charge in [-0.05, 0) is 40.0 Å². The summed E-state index contributed by atoms with van der Waals surface area (Å²) in [5, 5.41) is 0. The maximum absolute atomic E-state index is 11.5. The summed E-state index contributed by atoms with van der Waals surface area (Å²) >= 11 is 0. The summed E-state index contributed by atoms with van der Waals surface area (Å²) in [7, 11) is 0. The van der Waals surface area contributed by atoms with Crippen molar-refractivity contribution in [1.29, 1.82) is 0 Å². The summed E-state index contributed by atoms with van der Waals surface area (Å²) in [4.78, 5) is 11.5. The zero-order chi connectivity index (χ0) is 11.5. The molecule has 1 fully saturated rings. The molecule has 4 nitrogen and oxygen atoms in total. The van der Waals surface area contributed by atoms with Gasteiger partial charge in [0.2, 0.25) is 0 Å². The fourth-order valence-corrected chi connectivity index (χ4v) is 1.59. The van der Waals surface area contributed by atoms with E-state index >= 15 is 0 Å². The first-order valence-corrected chi connectivity index (χ1v) is 5.48. The Hall–Kier alpha value is -0.610. The third kappa shape index (κ3) is 4.62. The Morgan fingerprint density at radius 3 is 2.73 bits per heavy atom. The standard InChI is InChI=1S/C11H21NO3/c1-11(2,3)15-10(13)9(12)7-8-5-4-6-14-8/h8-9H,4-7,12H2,1-3H3. The zero-order valence-electron chi connectivity index (χ0n) is 9.79. The van der Waals surface area contributed by atoms with Crippen LogP contribution in [0.5, 0.6) is 0 Å². The van der Waals surface area contributed by atoms with Crippen molar-refractivity contribution in [2.75, 3.05) is 6.61 Å². The van der Waals surface area contributed by atoms with Crippen LogP contribution >= 0.6 is 0 Å². The second-order valence-electron chi connectivity index (χ2n) is 5.01. The van der Waals surface area contributed by atoms with Crippen LogP contribution in [0.25, 0.3) is 0 Å². The molecule has 0 aromatic carbocycles. The van der Waals surface area contributed by atoms with Gasteiger partial charge in [0.25, 0.3) is 0 Å². The molecule has 0 spiro atoms. The molecule has 1 saturated heterocycles. The lowest BCUT2D eigenvalue weighted by Gasteiger charge is -2.23. The Morgan fingerprint density at radius 2 is 2.27 bits per heavy atom. The summed E-state index contributed by atoms with van der Waals surface area (Å²) in [6.07, 6.45) is 2.75. The molecule has 2 unspecified atom stereocenters. The van der Waals surface area contributed by atoms with Gasteiger partial charge in [-0.1, -0.05) is 0 Å². The fraction of sp³-hybridized carbons (Fsp3) is 0.909. The highest BCUT2D eigenvalue weighted by atomic mass is 16.6. The third-order valence-electron chi connectivity index (χ3n) is 2.25. The van der Waals surface area contributed by atoms with Crippen LogP contribution in [0.1, 0.15) is 40.0 Å². The number of carbonyl (C=O) groups is 1. The average molecular weight is 215 g/mol. The van der Waals surface area contributed by atoms with Gasteiger partial charge in [-0.3, -0.25) is 4.79 Å². The fourth-order valence-electron chi connectivity index (χ4n) is 1.59. The van der Waals surface area contributed by atoms with Crippen molar-refractivity contribution in [2.45, 2.75) is 57.8 Å². The lowest BCUT2D eigenvalue weighted by molar-refractivity contribution is -0.157. The van der Waals surface area contributed by atoms with Gasteiger partial charge in [0, 0.05) is 6.61 Å². The Labute approximate surface area is 91.1 Å². The number of hydrogen-bond donors (Lipinski definition) is 1. The second-order valence-corrected chi connectivity index (χ2v) is 5.01. The quantitative estimate of drug-likeness (QED) is 0.719. The second kappa shape index (κ2) is 4.94. The molecule has 0 aromatic heterocycles. The van der Waals surface area contributed by atoms with E-state index in [2.05, 4.69) is 0 Å². The smallest absolute Gasteiger partial charge is 0.323 e. The third-order valence-corrected chi connectivity index (χ3v) is 2.25. The maximum atomic E-state index is 11.5. The van der Waals surface area contributed by atoms with E-state index in [1.807, 2.05) is 20.8 Å². The first-order chi connectivity index (χ1) is 6.88. The number of hydrogen-bond acceptors (Lipinski definition) is 4. The lowest BCUT2D eigenvalue weighted by Crippen LogP contribution is -2.39. The molecule has 2 N–H and O–H groups in total. The molecule has 1 aliphatic heterocycles. The predicted octanol–water partition coefficient (Wildman–Crippen LogP) is 1.22. The number of ether oxygens (including phenoxy) is 2. The average Bonchev–Trinajstić information content (AvgIpc) is 2.53. The van der Waals surface area contributed by atoms with E-state index in [1.54, 1.807) is 0 Å². The SMILES string of the molecule is CC(C)(C)OC(=O)C(N)CC1CCCO1. The van der Waals surface area contributed by atoms with E-state index in [1.165, 1.54) is 0 Å². The van der Waals surface area contributed by atoms with Crippen LogP contribution in [-0.2, 0) is 14.3 Å². The number of carbonyl (C=O) groups excluding carboxylic acids is 1. The van der Waals surface area contributed by atoms with E-state index < -0.39 is 11.6 Å². The highest BCUT2D eigenvalue weighted by molar-refractivity contribution is 5.75. The van der Waals surface area contributed by atoms with Crippen molar-refractivity contribution in [3.05, 3.63) is 0 Å². The molecule has 0 saturated carbocycles. The van der Waals surface area contributed by atoms with Crippen molar-refractivity contribution in [3.63, 3.8) is 0 Å². The number of nitrogens with two attached hydrogens (primary N) is 1. The molecule has 0 amide bonds. The van der Waals surface area contributed by atoms with E-state index in [-0.39, 0.29) is 12.1 Å². The van der Waals surface area contributed by atoms with Gasteiger partial charge in [-0.15, -0.1) is 0 Å². The minimum Gasteiger partial charge on any atom is -0.459 e. The topological polar surface area (TPSA) is 61.5 Å². The first kappa shape index (κ1) is 12.5. The van der Waals surface area contributed by atoms with Gasteiger partial charge in [0.1, 0.15) is 11.6 Å². The van der Waals surface area contributed by atoms with Crippen LogP contribution in [0.2, 0.25) is 0 Å². The molecule has 0 radical (unpaired) electrons. The molecule has 88 valence electrons. The highest BCUT2D eigenvalue weighted by Gasteiger charge is 2.26. The Kier molecular flexibility index (Phi) is 4.11. The molecule has 1 rings (SSSR count). The summed E-state index contributed by atoms with van der Waals surface area (Å²) in [6.45, 7) is 6.29. The molecule has 1 aliphatic rings. The predicted molar refractivity (Wildman–Crippen MR) is 57.4 cm³/mol. The van der Waals surface area contributed by atoms with Gasteiger partial charge in [-0.25, -0.2) is 0 Å². The van der Waals surface area contributed by atoms with E-state index in [0.717, 1.165) is 19.4 Å². The largest absolute Gasteiger partial charge is 0.459 e. The van der Waals surface area contributed by atoms with Crippen molar-refractivity contribution in [2.24, 2.45) is 5.73 Å². The van der Waals surface area contributed by atoms with E-state index in [0.29, 0.717) is 6.42 Å². The van der Waals surface area contributed by atoms with Crippen LogP contribution < -0.4 is 5.73 Å². The normalized spacial score (nSPS) is 23.9. The molecule has 1 heterocycles. The van der Waals surface area contributed by atoms with Crippen molar-refractivity contribution < 1.29 is 14.3 Å². The maximum Gasteiger partial charge on any atom is 0.323 e. The Balaban J connectivity index is 2.32. The Morgan fingerprint density at radius 1 is 1.60 bits per heavy atom. The summed E-state index contributed by atoms with van der Waals surface area (Å²) < 4.78 is 10.6. The molecule has 0 aliphatic carbocycles. The molecule has 0 bridgehead atoms. The van der Waals surface area contributed by atoms with E-state index in [4.69, 9.17) is 15.2 Å².